The van der Waals surface area contributed by atoms with Crippen LogP contribution in [0.4, 0.5) is 5.69 Å². The van der Waals surface area contributed by atoms with Crippen molar-refractivity contribution in [2.45, 2.75) is 32.9 Å². The Morgan fingerprint density at radius 1 is 1.10 bits per heavy atom. The third-order valence-electron chi connectivity index (χ3n) is 3.60. The molecule has 0 heterocycles. The summed E-state index contributed by atoms with van der Waals surface area (Å²) in [6.45, 7) is 4.95. The first kappa shape index (κ1) is 14.6. The number of aliphatic hydroxyl groups is 1. The molecule has 1 atom stereocenters. The van der Waals surface area contributed by atoms with Crippen molar-refractivity contribution < 1.29 is 5.11 Å². The molecule has 0 aliphatic heterocycles. The van der Waals surface area contributed by atoms with E-state index in [1.807, 2.05) is 25.1 Å². The highest BCUT2D eigenvalue weighted by Gasteiger charge is 2.13. The summed E-state index contributed by atoms with van der Waals surface area (Å²) in [6, 6.07) is 16.6. The molecule has 2 rings (SSSR count). The highest BCUT2D eigenvalue weighted by molar-refractivity contribution is 5.54. The monoisotopic (exact) mass is 269 g/mol. The van der Waals surface area contributed by atoms with Gasteiger partial charge in [0.25, 0.3) is 0 Å². The van der Waals surface area contributed by atoms with Crippen molar-refractivity contribution in [2.24, 2.45) is 0 Å². The average Bonchev–Trinajstić information content (AvgIpc) is 2.46. The minimum Gasteiger partial charge on any atom is -0.388 e. The molecular formula is C18H23NO. The highest BCUT2D eigenvalue weighted by Crippen LogP contribution is 2.28. The first-order valence-electron chi connectivity index (χ1n) is 7.15. The zero-order chi connectivity index (χ0) is 14.5. The van der Waals surface area contributed by atoms with Crippen LogP contribution in [0, 0.1) is 6.92 Å². The van der Waals surface area contributed by atoms with Crippen molar-refractivity contribution in [2.75, 3.05) is 11.9 Å². The predicted octanol–water partition coefficient (Wildman–Crippen LogP) is 4.07. The second-order valence-corrected chi connectivity index (χ2v) is 5.33. The molecule has 0 saturated carbocycles. The highest BCUT2D eigenvalue weighted by atomic mass is 16.3. The number of anilines is 1. The summed E-state index contributed by atoms with van der Waals surface area (Å²) in [4.78, 5) is 2.20. The first-order chi connectivity index (χ1) is 9.61. The number of hydrogen-bond donors (Lipinski definition) is 1. The fourth-order valence-corrected chi connectivity index (χ4v) is 2.51. The number of hydrogen-bond acceptors (Lipinski definition) is 2. The smallest absolute Gasteiger partial charge is 0.0807 e. The maximum atomic E-state index is 10.1. The fraction of sp³-hybridized carbons (Fsp3) is 0.333. The lowest BCUT2D eigenvalue weighted by atomic mass is 10.0. The third-order valence-corrected chi connectivity index (χ3v) is 3.60. The maximum Gasteiger partial charge on any atom is 0.0807 e. The Morgan fingerprint density at radius 2 is 1.85 bits per heavy atom. The van der Waals surface area contributed by atoms with E-state index in [0.29, 0.717) is 0 Å². The number of rotatable bonds is 5. The van der Waals surface area contributed by atoms with E-state index in [-0.39, 0.29) is 0 Å². The van der Waals surface area contributed by atoms with Crippen LogP contribution in [0.2, 0.25) is 0 Å². The summed E-state index contributed by atoms with van der Waals surface area (Å²) in [6.07, 6.45) is 0.334. The number of para-hydroxylation sites is 1. The summed E-state index contributed by atoms with van der Waals surface area (Å²) in [5, 5.41) is 10.1. The van der Waals surface area contributed by atoms with Gasteiger partial charge in [-0.1, -0.05) is 55.0 Å². The maximum absolute atomic E-state index is 10.1. The summed E-state index contributed by atoms with van der Waals surface area (Å²) >= 11 is 0. The van der Waals surface area contributed by atoms with Crippen LogP contribution in [-0.2, 0) is 6.54 Å². The van der Waals surface area contributed by atoms with E-state index in [2.05, 4.69) is 49.2 Å². The standard InChI is InChI=1S/C18H23NO/c1-4-18(20)16-10-5-6-11-17(16)19(3)13-15-9-7-8-14(2)12-15/h5-12,18,20H,4,13H2,1-3H3/t18-/m0/s1. The quantitative estimate of drug-likeness (QED) is 0.884. The van der Waals surface area contributed by atoms with Crippen molar-refractivity contribution in [3.05, 3.63) is 65.2 Å². The van der Waals surface area contributed by atoms with Gasteiger partial charge in [-0.25, -0.2) is 0 Å². The molecule has 20 heavy (non-hydrogen) atoms. The van der Waals surface area contributed by atoms with Gasteiger partial charge in [-0.3, -0.25) is 0 Å². The lowest BCUT2D eigenvalue weighted by Gasteiger charge is -2.24. The van der Waals surface area contributed by atoms with Crippen LogP contribution in [0.3, 0.4) is 0 Å². The number of benzene rings is 2. The molecule has 2 aromatic carbocycles. The van der Waals surface area contributed by atoms with E-state index in [4.69, 9.17) is 0 Å². The minimum atomic E-state index is -0.397. The molecule has 0 aromatic heterocycles. The molecule has 1 N–H and O–H groups in total. The number of aliphatic hydroxyl groups excluding tert-OH is 1. The summed E-state index contributed by atoms with van der Waals surface area (Å²) in [5.74, 6) is 0. The van der Waals surface area contributed by atoms with Gasteiger partial charge in [0.1, 0.15) is 0 Å². The van der Waals surface area contributed by atoms with E-state index in [0.717, 1.165) is 24.2 Å². The van der Waals surface area contributed by atoms with E-state index < -0.39 is 6.10 Å². The topological polar surface area (TPSA) is 23.5 Å². The van der Waals surface area contributed by atoms with Gasteiger partial charge in [0, 0.05) is 24.8 Å². The van der Waals surface area contributed by atoms with Gasteiger partial charge in [0.15, 0.2) is 0 Å². The lowest BCUT2D eigenvalue weighted by molar-refractivity contribution is 0.174. The van der Waals surface area contributed by atoms with E-state index in [1.165, 1.54) is 11.1 Å². The molecular weight excluding hydrogens is 246 g/mol. The molecule has 2 nitrogen and oxygen atoms in total. The number of aryl methyl sites for hydroxylation is 1. The van der Waals surface area contributed by atoms with Crippen molar-refractivity contribution in [3.8, 4) is 0 Å². The van der Waals surface area contributed by atoms with Crippen molar-refractivity contribution in [1.82, 2.24) is 0 Å². The van der Waals surface area contributed by atoms with Gasteiger partial charge < -0.3 is 10.0 Å². The summed E-state index contributed by atoms with van der Waals surface area (Å²) < 4.78 is 0. The zero-order valence-electron chi connectivity index (χ0n) is 12.5. The normalized spacial score (nSPS) is 12.2. The molecule has 0 bridgehead atoms. The molecule has 106 valence electrons. The van der Waals surface area contributed by atoms with Gasteiger partial charge in [-0.2, -0.15) is 0 Å². The van der Waals surface area contributed by atoms with Crippen LogP contribution in [0.1, 0.15) is 36.1 Å². The first-order valence-corrected chi connectivity index (χ1v) is 7.15. The van der Waals surface area contributed by atoms with Gasteiger partial charge in [-0.15, -0.1) is 0 Å². The summed E-state index contributed by atoms with van der Waals surface area (Å²) in [7, 11) is 2.07. The van der Waals surface area contributed by atoms with Crippen LogP contribution in [0.15, 0.2) is 48.5 Å². The van der Waals surface area contributed by atoms with E-state index >= 15 is 0 Å². The largest absolute Gasteiger partial charge is 0.388 e. The second-order valence-electron chi connectivity index (χ2n) is 5.33. The Morgan fingerprint density at radius 3 is 2.55 bits per heavy atom. The van der Waals surface area contributed by atoms with Crippen LogP contribution in [-0.4, -0.2) is 12.2 Å². The molecule has 0 fully saturated rings. The molecule has 0 spiro atoms. The molecule has 0 radical (unpaired) electrons. The minimum absolute atomic E-state index is 0.397. The zero-order valence-corrected chi connectivity index (χ0v) is 12.5. The molecule has 0 aliphatic rings. The molecule has 0 aliphatic carbocycles. The Labute approximate surface area is 121 Å². The van der Waals surface area contributed by atoms with Crippen molar-refractivity contribution >= 4 is 5.69 Å². The number of nitrogens with zero attached hydrogens (tertiary/aromatic N) is 1. The Balaban J connectivity index is 2.23. The second kappa shape index (κ2) is 6.58. The Kier molecular flexibility index (Phi) is 4.80. The van der Waals surface area contributed by atoms with Crippen LogP contribution < -0.4 is 4.90 Å². The van der Waals surface area contributed by atoms with Gasteiger partial charge in [0.2, 0.25) is 0 Å². The molecule has 2 aromatic rings. The third kappa shape index (κ3) is 3.40. The average molecular weight is 269 g/mol. The van der Waals surface area contributed by atoms with E-state index in [9.17, 15) is 5.11 Å². The van der Waals surface area contributed by atoms with Gasteiger partial charge in [0.05, 0.1) is 6.10 Å². The molecule has 0 saturated heterocycles. The summed E-state index contributed by atoms with van der Waals surface area (Å²) in [5.41, 5.74) is 4.67. The predicted molar refractivity (Wildman–Crippen MR) is 85.0 cm³/mol. The SMILES string of the molecule is CC[C@H](O)c1ccccc1N(C)Cc1cccc(C)c1. The van der Waals surface area contributed by atoms with Crippen LogP contribution in [0.5, 0.6) is 0 Å². The van der Waals surface area contributed by atoms with Gasteiger partial charge in [-0.05, 0) is 25.0 Å². The lowest BCUT2D eigenvalue weighted by Crippen LogP contribution is -2.18. The van der Waals surface area contributed by atoms with Crippen molar-refractivity contribution in [3.63, 3.8) is 0 Å². The Bertz CT molecular complexity index is 565. The van der Waals surface area contributed by atoms with Gasteiger partial charge >= 0.3 is 0 Å². The Hall–Kier alpha value is -1.80. The van der Waals surface area contributed by atoms with Crippen molar-refractivity contribution in [1.29, 1.82) is 0 Å². The van der Waals surface area contributed by atoms with Crippen LogP contribution in [0.25, 0.3) is 0 Å². The molecule has 0 amide bonds. The van der Waals surface area contributed by atoms with E-state index in [1.54, 1.807) is 0 Å². The van der Waals surface area contributed by atoms with Crippen LogP contribution >= 0.6 is 0 Å². The fourth-order valence-electron chi connectivity index (χ4n) is 2.51. The molecule has 2 heteroatoms. The molecule has 0 unspecified atom stereocenters.